The number of hydrogen-bond acceptors (Lipinski definition) is 9. The summed E-state index contributed by atoms with van der Waals surface area (Å²) in [5, 5.41) is 47.4. The van der Waals surface area contributed by atoms with E-state index < -0.39 is 42.4 Å². The van der Waals surface area contributed by atoms with Crippen LogP contribution in [0.2, 0.25) is 0 Å². The normalized spacial score (nSPS) is 26.6. The molecule has 1 saturated heterocycles. The summed E-state index contributed by atoms with van der Waals surface area (Å²) in [6.07, 6.45) is -4.83. The summed E-state index contributed by atoms with van der Waals surface area (Å²) in [4.78, 5) is 10.6. The van der Waals surface area contributed by atoms with E-state index in [2.05, 4.69) is 28.6 Å². The van der Waals surface area contributed by atoms with Crippen molar-refractivity contribution < 1.29 is 91.7 Å². The van der Waals surface area contributed by atoms with E-state index in [1.54, 1.807) is 12.1 Å². The monoisotopic (exact) mass is 659 g/mol. The number of hydrogen-bond donors (Lipinski definition) is 4. The van der Waals surface area contributed by atoms with Crippen molar-refractivity contribution in [1.29, 1.82) is 0 Å². The molecule has 1 radical (unpaired) electrons. The first-order chi connectivity index (χ1) is 11.8. The molecule has 1 aromatic carbocycles. The molecule has 0 spiro atoms. The second kappa shape index (κ2) is 14.8. The van der Waals surface area contributed by atoms with E-state index in [4.69, 9.17) is 24.8 Å². The van der Waals surface area contributed by atoms with Gasteiger partial charge in [-0.15, -0.1) is 0 Å². The number of carboxylic acid groups (broad SMARTS) is 1. The molecule has 1 aromatic rings. The zero-order valence-electron chi connectivity index (χ0n) is 14.6. The minimum Gasteiger partial charge on any atom is -0.759 e. The van der Waals surface area contributed by atoms with E-state index >= 15 is 0 Å². The van der Waals surface area contributed by atoms with Crippen LogP contribution in [0, 0.1) is 0 Å². The minimum absolute atomic E-state index is 0. The average Bonchev–Trinajstić information content (AvgIpc) is 2.62. The molecule has 0 amide bonds. The van der Waals surface area contributed by atoms with Crippen LogP contribution in [0.5, 0.6) is 5.75 Å². The van der Waals surface area contributed by atoms with Crippen LogP contribution in [-0.4, -0.2) is 86.0 Å². The van der Waals surface area contributed by atoms with E-state index in [-0.39, 0.29) is 57.5 Å². The van der Waals surface area contributed by atoms with Crippen molar-refractivity contribution in [2.75, 3.05) is 13.7 Å². The third-order valence-corrected chi connectivity index (χ3v) is 4.59. The third-order valence-electron chi connectivity index (χ3n) is 3.50. The maximum atomic E-state index is 10.6. The zero-order chi connectivity index (χ0) is 19.1. The molecular weight excluding hydrogens is 639 g/mol. The van der Waals surface area contributed by atoms with Gasteiger partial charge in [0.2, 0.25) is 0 Å². The van der Waals surface area contributed by atoms with Crippen molar-refractivity contribution in [2.24, 2.45) is 0 Å². The van der Waals surface area contributed by atoms with Crippen LogP contribution in [0.15, 0.2) is 18.2 Å². The summed E-state index contributed by atoms with van der Waals surface area (Å²) < 4.78 is 9.71. The van der Waals surface area contributed by atoms with Gasteiger partial charge >= 0.3 is 136 Å². The van der Waals surface area contributed by atoms with Crippen LogP contribution >= 0.6 is 0 Å². The molecule has 151 valence electrons. The summed E-state index contributed by atoms with van der Waals surface area (Å²) in [6, 6.07) is 4.98. The predicted molar refractivity (Wildman–Crippen MR) is 87.9 cm³/mol. The molecule has 5 atom stereocenters. The first-order valence-corrected chi connectivity index (χ1v) is 8.87. The number of rotatable bonds is 4. The van der Waals surface area contributed by atoms with Gasteiger partial charge in [0.1, 0.15) is 18.3 Å². The van der Waals surface area contributed by atoms with Crippen LogP contribution in [0.1, 0.15) is 15.9 Å². The first-order valence-electron chi connectivity index (χ1n) is 7.19. The molecule has 1 aliphatic heterocycles. The molecule has 4 N–H and O–H groups in total. The number of aromatic carboxylic acids is 1. The fourth-order valence-corrected chi connectivity index (χ4v) is 2.75. The molecule has 0 aromatic heterocycles. The van der Waals surface area contributed by atoms with Gasteiger partial charge in [0.15, 0.2) is 0 Å². The maximum Gasteiger partial charge on any atom is 1.00 e. The number of carboxylic acids is 1. The largest absolute Gasteiger partial charge is 1.00 e. The molecule has 27 heavy (non-hydrogen) atoms. The van der Waals surface area contributed by atoms with E-state index in [9.17, 15) is 15.0 Å². The van der Waals surface area contributed by atoms with Gasteiger partial charge in [-0.25, -0.2) is 0 Å². The summed E-state index contributed by atoms with van der Waals surface area (Å²) in [5.41, 5.74) is 0.0100. The average molecular weight is 658 g/mol. The van der Waals surface area contributed by atoms with Gasteiger partial charge in [0, 0.05) is 0 Å². The van der Waals surface area contributed by atoms with E-state index in [1.165, 1.54) is 7.11 Å². The van der Waals surface area contributed by atoms with Crippen LogP contribution < -0.4 is 39.4 Å². The number of aliphatic hydroxyl groups excluding tert-OH is 4. The second-order valence-electron chi connectivity index (χ2n) is 5.16. The Morgan fingerprint density at radius 2 is 1.89 bits per heavy atom. The van der Waals surface area contributed by atoms with E-state index in [1.807, 2.05) is 6.07 Å². The molecular formula is C15H19AuNaO8SSe. The Labute approximate surface area is 208 Å². The fourth-order valence-electron chi connectivity index (χ4n) is 2.07. The Hall–Kier alpha value is 0.900. The number of benzene rings is 1. The van der Waals surface area contributed by atoms with Crippen LogP contribution in [-0.2, 0) is 45.1 Å². The maximum absolute atomic E-state index is 10.6. The van der Waals surface area contributed by atoms with Gasteiger partial charge in [-0.3, -0.25) is 0 Å². The summed E-state index contributed by atoms with van der Waals surface area (Å²) >= 11 is 7.44. The van der Waals surface area contributed by atoms with Gasteiger partial charge in [-0.2, -0.15) is 0 Å². The molecule has 5 unspecified atom stereocenters. The first kappa shape index (κ1) is 30.1. The van der Waals surface area contributed by atoms with E-state index in [0.717, 1.165) is 5.56 Å². The Morgan fingerprint density at radius 3 is 2.33 bits per heavy atom. The van der Waals surface area contributed by atoms with Gasteiger partial charge in [0.25, 0.3) is 0 Å². The molecule has 2 rings (SSSR count). The van der Waals surface area contributed by atoms with Gasteiger partial charge in [-0.05, 0) is 5.44 Å². The van der Waals surface area contributed by atoms with Crippen molar-refractivity contribution in [2.45, 2.75) is 35.2 Å². The van der Waals surface area contributed by atoms with E-state index in [0.29, 0.717) is 11.1 Å². The second-order valence-corrected chi connectivity index (χ2v) is 6.23. The minimum atomic E-state index is -1.35. The Balaban J connectivity index is 0. The molecule has 1 heterocycles. The Morgan fingerprint density at radius 1 is 1.30 bits per heavy atom. The number of aliphatic hydroxyl groups is 4. The van der Waals surface area contributed by atoms with Gasteiger partial charge < -0.3 is 37.8 Å². The summed E-state index contributed by atoms with van der Waals surface area (Å²) in [5.74, 6) is -0.885. The molecule has 0 aliphatic carbocycles. The number of carbonyl (C=O) groups excluding carboxylic acids is 1. The third kappa shape index (κ3) is 8.65. The topological polar surface area (TPSA) is 140 Å². The molecule has 1 aliphatic rings. The van der Waals surface area contributed by atoms with Crippen molar-refractivity contribution >= 4 is 34.6 Å². The zero-order valence-corrected chi connectivity index (χ0v) is 21.3. The summed E-state index contributed by atoms with van der Waals surface area (Å²) in [7, 11) is 1.43. The smallest absolute Gasteiger partial charge is 0.759 e. The van der Waals surface area contributed by atoms with Crippen molar-refractivity contribution in [3.63, 3.8) is 0 Å². The fraction of sp³-hybridized carbons (Fsp3) is 0.533. The quantitative estimate of drug-likeness (QED) is 0.184. The van der Waals surface area contributed by atoms with Crippen LogP contribution in [0.25, 0.3) is 0 Å². The predicted octanol–water partition coefficient (Wildman–Crippen LogP) is -5.94. The van der Waals surface area contributed by atoms with Crippen molar-refractivity contribution in [3.05, 3.63) is 29.3 Å². The van der Waals surface area contributed by atoms with Crippen LogP contribution in [0.3, 0.4) is 0 Å². The van der Waals surface area contributed by atoms with Gasteiger partial charge in [0.05, 0.1) is 12.7 Å². The molecule has 8 nitrogen and oxygen atoms in total. The van der Waals surface area contributed by atoms with Gasteiger partial charge in [-0.1, -0.05) is 0 Å². The summed E-state index contributed by atoms with van der Waals surface area (Å²) in [6.45, 7) is -0.432. The Bertz CT molecular complexity index is 580. The molecule has 0 saturated carbocycles. The number of ether oxygens (including phenoxy) is 2. The van der Waals surface area contributed by atoms with Crippen LogP contribution in [0.4, 0.5) is 0 Å². The Kier molecular flexibility index (Phi) is 16.5. The molecule has 0 bridgehead atoms. The standard InChI is InChI=1S/C9H9O3Se.C6H12O5S.Au.Na/c1-12-8-3-2-6(5-13)4-7(8)9(10)11;7-1-2-3(8)4(9)5(10)6(12)11-2;;/h2-4H,5H2,1H3,(H,10,11);2-10,12H,1H2;;/q;;2*+1/p-2. The number of carbonyl (C=O) groups is 1. The number of methoxy groups -OCH3 is 1. The SMILES string of the molecule is COc1ccc(C[Se])cc1C(=O)[O-].OCC1OC([S-])C(O)C(O)C1O.[Au+].[Na+]. The molecule has 12 heteroatoms. The van der Waals surface area contributed by atoms with Crippen molar-refractivity contribution in [3.8, 4) is 5.75 Å². The van der Waals surface area contributed by atoms with Crippen molar-refractivity contribution in [1.82, 2.24) is 0 Å². The molecule has 1 fully saturated rings.